The molecule has 1 saturated heterocycles. The van der Waals surface area contributed by atoms with Gasteiger partial charge in [-0.25, -0.2) is 0 Å². The second-order valence-electron chi connectivity index (χ2n) is 9.73. The summed E-state index contributed by atoms with van der Waals surface area (Å²) in [4.78, 5) is 28.3. The number of anilines is 1. The lowest BCUT2D eigenvalue weighted by Crippen LogP contribution is -2.36. The summed E-state index contributed by atoms with van der Waals surface area (Å²) in [6.45, 7) is 3.19. The highest BCUT2D eigenvalue weighted by atomic mass is 16.2. The number of nitrogens with zero attached hydrogens (tertiary/aromatic N) is 1. The van der Waals surface area contributed by atoms with E-state index in [1.807, 2.05) is 42.5 Å². The molecule has 0 bridgehead atoms. The van der Waals surface area contributed by atoms with Gasteiger partial charge in [-0.2, -0.15) is 0 Å². The lowest BCUT2D eigenvalue weighted by Gasteiger charge is -2.33. The average molecular weight is 468 g/mol. The first-order valence-electron chi connectivity index (χ1n) is 12.7. The molecule has 5 nitrogen and oxygen atoms in total. The highest BCUT2D eigenvalue weighted by Crippen LogP contribution is 2.31. The van der Waals surface area contributed by atoms with E-state index in [-0.39, 0.29) is 17.6 Å². The number of hydrazine groups is 1. The number of para-hydroxylation sites is 1. The van der Waals surface area contributed by atoms with E-state index in [4.69, 9.17) is 0 Å². The van der Waals surface area contributed by atoms with Crippen LogP contribution in [-0.2, 0) is 6.42 Å². The van der Waals surface area contributed by atoms with Crippen LogP contribution in [0.1, 0.15) is 63.4 Å². The van der Waals surface area contributed by atoms with Gasteiger partial charge >= 0.3 is 0 Å². The van der Waals surface area contributed by atoms with Gasteiger partial charge in [-0.15, -0.1) is 0 Å². The monoisotopic (exact) mass is 467 g/mol. The minimum absolute atomic E-state index is 0.0776. The van der Waals surface area contributed by atoms with E-state index in [0.717, 1.165) is 55.7 Å². The standard InChI is InChI=1S/C30H33N3O2/c34-29-24(17-20-33-18-15-23(16-19-33)22-7-3-1-4-8-22)11-12-25-21-26(13-14-28(25)29)30(35)32-31-27-9-5-2-6-10-27/h1-10,13-14,21,23-24,31H,11-12,15-20H2,(H,32,35). The van der Waals surface area contributed by atoms with Gasteiger partial charge in [0.15, 0.2) is 5.78 Å². The number of hydrogen-bond acceptors (Lipinski definition) is 4. The SMILES string of the molecule is O=C(NNc1ccccc1)c1ccc2c(c1)CCC(CCN1CCC(c3ccccc3)CC1)C2=O. The third kappa shape index (κ3) is 5.63. The van der Waals surface area contributed by atoms with Crippen LogP contribution in [-0.4, -0.2) is 36.2 Å². The number of hydrogen-bond donors (Lipinski definition) is 2. The zero-order chi connectivity index (χ0) is 24.0. The Morgan fingerprint density at radius 1 is 0.886 bits per heavy atom. The van der Waals surface area contributed by atoms with Crippen molar-refractivity contribution in [2.24, 2.45) is 5.92 Å². The van der Waals surface area contributed by atoms with E-state index in [9.17, 15) is 9.59 Å². The van der Waals surface area contributed by atoms with E-state index in [2.05, 4.69) is 46.1 Å². The number of fused-ring (bicyclic) bond motifs is 1. The Kier molecular flexibility index (Phi) is 7.24. The molecule has 180 valence electrons. The molecule has 35 heavy (non-hydrogen) atoms. The lowest BCUT2D eigenvalue weighted by atomic mass is 9.80. The van der Waals surface area contributed by atoms with Crippen LogP contribution in [0.4, 0.5) is 5.69 Å². The Hall–Kier alpha value is -3.44. The number of benzene rings is 3. The van der Waals surface area contributed by atoms with Crippen molar-refractivity contribution in [1.29, 1.82) is 0 Å². The molecule has 2 N–H and O–H groups in total. The highest BCUT2D eigenvalue weighted by molar-refractivity contribution is 6.02. The molecule has 1 amide bonds. The number of amides is 1. The van der Waals surface area contributed by atoms with Crippen LogP contribution in [0.2, 0.25) is 0 Å². The van der Waals surface area contributed by atoms with Crippen molar-refractivity contribution in [3.63, 3.8) is 0 Å². The van der Waals surface area contributed by atoms with E-state index < -0.39 is 0 Å². The fraction of sp³-hybridized carbons (Fsp3) is 0.333. The van der Waals surface area contributed by atoms with Gasteiger partial charge in [0.25, 0.3) is 5.91 Å². The Bertz CT molecular complexity index is 1150. The summed E-state index contributed by atoms with van der Waals surface area (Å²) in [6.07, 6.45) is 5.00. The fourth-order valence-corrected chi connectivity index (χ4v) is 5.41. The minimum atomic E-state index is -0.204. The molecule has 5 rings (SSSR count). The van der Waals surface area contributed by atoms with E-state index in [1.165, 1.54) is 18.4 Å². The van der Waals surface area contributed by atoms with Gasteiger partial charge in [-0.3, -0.25) is 20.4 Å². The topological polar surface area (TPSA) is 61.4 Å². The highest BCUT2D eigenvalue weighted by Gasteiger charge is 2.29. The van der Waals surface area contributed by atoms with Gasteiger partial charge in [-0.05, 0) is 93.0 Å². The van der Waals surface area contributed by atoms with Gasteiger partial charge < -0.3 is 4.90 Å². The van der Waals surface area contributed by atoms with Crippen LogP contribution in [0, 0.1) is 5.92 Å². The number of rotatable bonds is 7. The first-order valence-corrected chi connectivity index (χ1v) is 12.7. The maximum atomic E-state index is 13.2. The number of carbonyl (C=O) groups excluding carboxylic acids is 2. The molecular formula is C30H33N3O2. The smallest absolute Gasteiger partial charge is 0.269 e. The van der Waals surface area contributed by atoms with E-state index in [1.54, 1.807) is 6.07 Å². The van der Waals surface area contributed by atoms with Crippen molar-refractivity contribution in [2.45, 2.75) is 38.0 Å². The second kappa shape index (κ2) is 10.9. The molecule has 0 saturated carbocycles. The summed E-state index contributed by atoms with van der Waals surface area (Å²) in [5.41, 5.74) is 10.3. The second-order valence-corrected chi connectivity index (χ2v) is 9.73. The largest absolute Gasteiger partial charge is 0.303 e. The van der Waals surface area contributed by atoms with Gasteiger partial charge in [0.2, 0.25) is 0 Å². The third-order valence-electron chi connectivity index (χ3n) is 7.51. The van der Waals surface area contributed by atoms with E-state index >= 15 is 0 Å². The van der Waals surface area contributed by atoms with Crippen molar-refractivity contribution in [3.05, 3.63) is 101 Å². The molecular weight excluding hydrogens is 434 g/mol. The molecule has 5 heteroatoms. The van der Waals surface area contributed by atoms with Crippen molar-refractivity contribution < 1.29 is 9.59 Å². The molecule has 0 aromatic heterocycles. The van der Waals surface area contributed by atoms with Crippen LogP contribution in [0.25, 0.3) is 0 Å². The molecule has 2 aliphatic rings. The van der Waals surface area contributed by atoms with Crippen LogP contribution in [0.5, 0.6) is 0 Å². The van der Waals surface area contributed by atoms with Crippen LogP contribution in [0.15, 0.2) is 78.9 Å². The zero-order valence-corrected chi connectivity index (χ0v) is 20.1. The van der Waals surface area contributed by atoms with Gasteiger partial charge in [0.05, 0.1) is 5.69 Å². The fourth-order valence-electron chi connectivity index (χ4n) is 5.41. The quantitative estimate of drug-likeness (QED) is 0.453. The average Bonchev–Trinajstić information content (AvgIpc) is 2.92. The Labute approximate surface area is 207 Å². The summed E-state index contributed by atoms with van der Waals surface area (Å²) < 4.78 is 0. The van der Waals surface area contributed by atoms with Crippen LogP contribution < -0.4 is 10.9 Å². The number of ketones is 1. The molecule has 3 aromatic carbocycles. The summed E-state index contributed by atoms with van der Waals surface area (Å²) >= 11 is 0. The number of nitrogens with one attached hydrogen (secondary N) is 2. The maximum absolute atomic E-state index is 13.2. The van der Waals surface area contributed by atoms with E-state index in [0.29, 0.717) is 11.5 Å². The van der Waals surface area contributed by atoms with Crippen molar-refractivity contribution in [1.82, 2.24) is 10.3 Å². The zero-order valence-electron chi connectivity index (χ0n) is 20.1. The molecule has 1 aliphatic heterocycles. The van der Waals surface area contributed by atoms with Crippen molar-refractivity contribution >= 4 is 17.4 Å². The normalized spacial score (nSPS) is 18.6. The summed E-state index contributed by atoms with van der Waals surface area (Å²) in [5.74, 6) is 0.767. The first-order chi connectivity index (χ1) is 17.2. The number of likely N-dealkylation sites (tertiary alicyclic amines) is 1. The molecule has 0 spiro atoms. The van der Waals surface area contributed by atoms with Crippen molar-refractivity contribution in [3.8, 4) is 0 Å². The summed E-state index contributed by atoms with van der Waals surface area (Å²) in [6, 6.07) is 25.8. The number of carbonyl (C=O) groups is 2. The molecule has 1 heterocycles. The molecule has 1 fully saturated rings. The van der Waals surface area contributed by atoms with Gasteiger partial charge in [-0.1, -0.05) is 54.6 Å². The Morgan fingerprint density at radius 2 is 1.60 bits per heavy atom. The first kappa shape index (κ1) is 23.3. The molecule has 3 aromatic rings. The lowest BCUT2D eigenvalue weighted by molar-refractivity contribution is 0.0875. The molecule has 0 radical (unpaired) electrons. The summed E-state index contributed by atoms with van der Waals surface area (Å²) in [7, 11) is 0. The Balaban J connectivity index is 1.12. The van der Waals surface area contributed by atoms with Gasteiger partial charge in [0, 0.05) is 17.0 Å². The predicted molar refractivity (Wildman–Crippen MR) is 140 cm³/mol. The maximum Gasteiger partial charge on any atom is 0.269 e. The number of piperidine rings is 1. The predicted octanol–water partition coefficient (Wildman–Crippen LogP) is 5.46. The summed E-state index contributed by atoms with van der Waals surface area (Å²) in [5, 5.41) is 0. The number of aryl methyl sites for hydroxylation is 1. The Morgan fingerprint density at radius 3 is 2.34 bits per heavy atom. The van der Waals surface area contributed by atoms with Crippen LogP contribution >= 0.6 is 0 Å². The van der Waals surface area contributed by atoms with Crippen LogP contribution in [0.3, 0.4) is 0 Å². The van der Waals surface area contributed by atoms with Crippen molar-refractivity contribution in [2.75, 3.05) is 25.1 Å². The molecule has 1 unspecified atom stereocenters. The third-order valence-corrected chi connectivity index (χ3v) is 7.51. The minimum Gasteiger partial charge on any atom is -0.303 e. The molecule has 1 atom stereocenters. The van der Waals surface area contributed by atoms with Gasteiger partial charge in [0.1, 0.15) is 0 Å². The number of Topliss-reactive ketones (excluding diaryl/α,β-unsaturated/α-hetero) is 1. The molecule has 1 aliphatic carbocycles.